The highest BCUT2D eigenvalue weighted by Gasteiger charge is 2.33. The van der Waals surface area contributed by atoms with Gasteiger partial charge in [-0.15, -0.1) is 0 Å². The van der Waals surface area contributed by atoms with Gasteiger partial charge in [0.2, 0.25) is 5.95 Å². The molecule has 31 heavy (non-hydrogen) atoms. The number of fused-ring (bicyclic) bond motifs is 1. The predicted octanol–water partition coefficient (Wildman–Crippen LogP) is 4.02. The highest BCUT2D eigenvalue weighted by Crippen LogP contribution is 2.38. The minimum Gasteiger partial charge on any atom is -0.495 e. The highest BCUT2D eigenvalue weighted by molar-refractivity contribution is 6.32. The van der Waals surface area contributed by atoms with Crippen molar-refractivity contribution in [2.75, 3.05) is 24.9 Å². The summed E-state index contributed by atoms with van der Waals surface area (Å²) in [6.07, 6.45) is 1.39. The smallest absolute Gasteiger partial charge is 0.255 e. The highest BCUT2D eigenvalue weighted by atomic mass is 35.5. The Kier molecular flexibility index (Phi) is 5.51. The summed E-state index contributed by atoms with van der Waals surface area (Å²) in [5, 5.41) is 10.6. The number of halogens is 2. The second kappa shape index (κ2) is 8.27. The number of hydrogen-bond donors (Lipinski definition) is 2. The Labute approximate surface area is 182 Å². The van der Waals surface area contributed by atoms with E-state index in [9.17, 15) is 9.18 Å². The van der Waals surface area contributed by atoms with E-state index in [4.69, 9.17) is 21.1 Å². The molecule has 4 rings (SSSR count). The van der Waals surface area contributed by atoms with Crippen LogP contribution < -0.4 is 20.1 Å². The molecule has 1 aliphatic rings. The Bertz CT molecular complexity index is 1180. The Hall–Kier alpha value is -3.59. The van der Waals surface area contributed by atoms with Crippen LogP contribution >= 0.6 is 11.6 Å². The van der Waals surface area contributed by atoms with Crippen LogP contribution in [0.1, 0.15) is 18.5 Å². The molecular weight excluding hydrogens is 425 g/mol. The molecule has 1 amide bonds. The summed E-state index contributed by atoms with van der Waals surface area (Å²) in [5.41, 5.74) is 2.05. The van der Waals surface area contributed by atoms with Crippen molar-refractivity contribution < 1.29 is 18.7 Å². The number of nitrogens with zero attached hydrogens (tertiary/aromatic N) is 3. The molecule has 0 saturated carbocycles. The Balaban J connectivity index is 1.76. The van der Waals surface area contributed by atoms with Crippen LogP contribution in [0.5, 0.6) is 11.5 Å². The summed E-state index contributed by atoms with van der Waals surface area (Å²) in [6, 6.07) is 8.44. The van der Waals surface area contributed by atoms with E-state index in [-0.39, 0.29) is 5.82 Å². The molecule has 0 bridgehead atoms. The first kappa shape index (κ1) is 20.7. The lowest BCUT2D eigenvalue weighted by atomic mass is 9.95. The van der Waals surface area contributed by atoms with Crippen LogP contribution in [0, 0.1) is 5.82 Å². The van der Waals surface area contributed by atoms with Gasteiger partial charge < -0.3 is 20.1 Å². The van der Waals surface area contributed by atoms with E-state index in [2.05, 4.69) is 20.7 Å². The van der Waals surface area contributed by atoms with Crippen LogP contribution in [0.3, 0.4) is 0 Å². The Morgan fingerprint density at radius 1 is 1.19 bits per heavy atom. The van der Waals surface area contributed by atoms with Gasteiger partial charge in [-0.2, -0.15) is 10.1 Å². The lowest BCUT2D eigenvalue weighted by Gasteiger charge is -2.29. The van der Waals surface area contributed by atoms with Crippen molar-refractivity contribution in [1.29, 1.82) is 0 Å². The second-order valence-electron chi connectivity index (χ2n) is 6.79. The zero-order chi connectivity index (χ0) is 22.1. The molecule has 0 spiro atoms. The molecule has 2 heterocycles. The third-order valence-corrected chi connectivity index (χ3v) is 5.24. The first-order valence-corrected chi connectivity index (χ1v) is 9.66. The number of allylic oxidation sites excluding steroid dienone is 1. The number of anilines is 2. The fraction of sp³-hybridized carbons (Fsp3) is 0.190. The number of benzene rings is 2. The summed E-state index contributed by atoms with van der Waals surface area (Å²) >= 11 is 6.16. The summed E-state index contributed by atoms with van der Waals surface area (Å²) < 4.78 is 25.7. The minimum absolute atomic E-state index is 0.350. The molecule has 1 aliphatic heterocycles. The van der Waals surface area contributed by atoms with Gasteiger partial charge in [-0.05, 0) is 24.6 Å². The molecule has 160 valence electrons. The number of rotatable bonds is 5. The Morgan fingerprint density at radius 2 is 1.90 bits per heavy atom. The van der Waals surface area contributed by atoms with Crippen LogP contribution in [0.25, 0.3) is 0 Å². The van der Waals surface area contributed by atoms with Crippen molar-refractivity contribution in [3.63, 3.8) is 0 Å². The molecule has 3 aromatic rings. The van der Waals surface area contributed by atoms with Gasteiger partial charge in [0.1, 0.15) is 29.7 Å². The number of hydrogen-bond acceptors (Lipinski definition) is 6. The van der Waals surface area contributed by atoms with Gasteiger partial charge in [0, 0.05) is 17.8 Å². The summed E-state index contributed by atoms with van der Waals surface area (Å²) in [5.74, 6) is 0.471. The van der Waals surface area contributed by atoms with Crippen molar-refractivity contribution in [3.8, 4) is 11.5 Å². The van der Waals surface area contributed by atoms with Gasteiger partial charge in [-0.3, -0.25) is 4.79 Å². The van der Waals surface area contributed by atoms with E-state index in [1.165, 1.54) is 32.7 Å². The molecule has 8 nitrogen and oxygen atoms in total. The summed E-state index contributed by atoms with van der Waals surface area (Å²) in [4.78, 5) is 17.6. The van der Waals surface area contributed by atoms with Gasteiger partial charge in [0.15, 0.2) is 0 Å². The molecule has 2 N–H and O–H groups in total. The van der Waals surface area contributed by atoms with Crippen LogP contribution in [0.4, 0.5) is 16.0 Å². The molecule has 10 heteroatoms. The monoisotopic (exact) mass is 443 g/mol. The van der Waals surface area contributed by atoms with Crippen LogP contribution in [0.15, 0.2) is 54.0 Å². The van der Waals surface area contributed by atoms with E-state index in [0.29, 0.717) is 45.0 Å². The van der Waals surface area contributed by atoms with Gasteiger partial charge in [-0.1, -0.05) is 23.7 Å². The van der Waals surface area contributed by atoms with Gasteiger partial charge in [0.25, 0.3) is 5.91 Å². The van der Waals surface area contributed by atoms with Crippen molar-refractivity contribution in [2.24, 2.45) is 0 Å². The average molecular weight is 444 g/mol. The van der Waals surface area contributed by atoms with Crippen LogP contribution in [0.2, 0.25) is 5.02 Å². The number of amides is 1. The number of methoxy groups -OCH3 is 2. The maximum atomic E-state index is 13.5. The van der Waals surface area contributed by atoms with Gasteiger partial charge in [-0.25, -0.2) is 9.07 Å². The summed E-state index contributed by atoms with van der Waals surface area (Å²) in [7, 11) is 2.96. The van der Waals surface area contributed by atoms with Crippen molar-refractivity contribution in [1.82, 2.24) is 14.8 Å². The lowest BCUT2D eigenvalue weighted by molar-refractivity contribution is -0.113. The van der Waals surface area contributed by atoms with E-state index in [1.54, 1.807) is 35.9 Å². The van der Waals surface area contributed by atoms with Crippen molar-refractivity contribution in [3.05, 3.63) is 70.4 Å². The zero-order valence-corrected chi connectivity index (χ0v) is 17.7. The fourth-order valence-corrected chi connectivity index (χ4v) is 3.72. The molecule has 0 fully saturated rings. The number of carbonyl (C=O) groups is 1. The lowest BCUT2D eigenvalue weighted by Crippen LogP contribution is -2.31. The predicted molar refractivity (Wildman–Crippen MR) is 114 cm³/mol. The van der Waals surface area contributed by atoms with E-state index in [1.807, 2.05) is 0 Å². The number of carbonyl (C=O) groups excluding carboxylic acids is 1. The summed E-state index contributed by atoms with van der Waals surface area (Å²) in [6.45, 7) is 1.77. The fourth-order valence-electron chi connectivity index (χ4n) is 3.49. The number of aromatic nitrogens is 3. The molecule has 1 aromatic heterocycles. The van der Waals surface area contributed by atoms with E-state index in [0.717, 1.165) is 0 Å². The standard InChI is InChI=1S/C21H19ClFN5O3/c1-11-18(20(29)27-15-9-16(30-2)14(22)8-17(15)31-3)19(12-4-6-13(23)7-5-12)28-21(26-11)24-10-25-28/h4-10,19H,1-3H3,(H,27,29)(H,24,25,26). The van der Waals surface area contributed by atoms with Gasteiger partial charge in [0.05, 0.1) is 30.5 Å². The molecular formula is C21H19ClFN5O3. The van der Waals surface area contributed by atoms with E-state index >= 15 is 0 Å². The second-order valence-corrected chi connectivity index (χ2v) is 7.19. The SMILES string of the molecule is COc1cc(NC(=O)C2=C(C)Nc3ncnn3C2c2ccc(F)cc2)c(OC)cc1Cl. The maximum absolute atomic E-state index is 13.5. The Morgan fingerprint density at radius 3 is 2.58 bits per heavy atom. The third-order valence-electron chi connectivity index (χ3n) is 4.95. The zero-order valence-electron chi connectivity index (χ0n) is 16.9. The van der Waals surface area contributed by atoms with Crippen LogP contribution in [-0.2, 0) is 4.79 Å². The molecule has 1 atom stereocenters. The number of ether oxygens (including phenoxy) is 2. The molecule has 2 aromatic carbocycles. The molecule has 0 radical (unpaired) electrons. The maximum Gasteiger partial charge on any atom is 0.255 e. The molecule has 0 aliphatic carbocycles. The average Bonchev–Trinajstić information content (AvgIpc) is 3.22. The van der Waals surface area contributed by atoms with Crippen molar-refractivity contribution in [2.45, 2.75) is 13.0 Å². The third kappa shape index (κ3) is 3.79. The normalized spacial score (nSPS) is 15.2. The van der Waals surface area contributed by atoms with Gasteiger partial charge >= 0.3 is 0 Å². The molecule has 0 saturated heterocycles. The first-order valence-electron chi connectivity index (χ1n) is 9.28. The van der Waals surface area contributed by atoms with E-state index < -0.39 is 11.9 Å². The number of nitrogens with one attached hydrogen (secondary N) is 2. The first-order chi connectivity index (χ1) is 14.9. The molecule has 1 unspecified atom stereocenters. The van der Waals surface area contributed by atoms with Crippen LogP contribution in [-0.4, -0.2) is 34.9 Å². The topological polar surface area (TPSA) is 90.3 Å². The minimum atomic E-state index is -0.612. The van der Waals surface area contributed by atoms with Crippen molar-refractivity contribution >= 4 is 29.1 Å². The largest absolute Gasteiger partial charge is 0.495 e. The quantitative estimate of drug-likeness (QED) is 0.619.